The van der Waals surface area contributed by atoms with E-state index in [9.17, 15) is 0 Å². The Labute approximate surface area is 106 Å². The minimum Gasteiger partial charge on any atom is -0.0919 e. The van der Waals surface area contributed by atoms with Crippen molar-refractivity contribution in [3.05, 3.63) is 12.2 Å². The average molecular weight is 228 g/mol. The van der Waals surface area contributed by atoms with Crippen LogP contribution in [0.2, 0.25) is 0 Å². The van der Waals surface area contributed by atoms with E-state index in [0.717, 1.165) is 11.3 Å². The first-order valence-electron chi connectivity index (χ1n) is 7.20. The third-order valence-corrected chi connectivity index (χ3v) is 3.15. The molecule has 1 saturated carbocycles. The molecule has 0 aromatic rings. The van der Waals surface area contributed by atoms with E-state index in [2.05, 4.69) is 20.8 Å². The molecule has 0 nitrogen and oxygen atoms in total. The summed E-state index contributed by atoms with van der Waals surface area (Å²) in [6.45, 7) is 19.0. The summed E-state index contributed by atoms with van der Waals surface area (Å²) in [4.78, 5) is 0. The van der Waals surface area contributed by atoms with Gasteiger partial charge in [-0.3, -0.25) is 0 Å². The molecule has 0 aromatic heterocycles. The summed E-state index contributed by atoms with van der Waals surface area (Å²) in [7, 11) is 0. The SMILES string of the molecule is CC.CC.CC=CC.CCC1(C(C)C)CC1. The summed E-state index contributed by atoms with van der Waals surface area (Å²) in [6, 6.07) is 0. The molecule has 1 fully saturated rings. The third kappa shape index (κ3) is 10.3. The fraction of sp³-hybridized carbons (Fsp3) is 0.875. The van der Waals surface area contributed by atoms with Gasteiger partial charge in [-0.1, -0.05) is 67.0 Å². The highest BCUT2D eigenvalue weighted by molar-refractivity contribution is 4.93. The zero-order chi connectivity index (χ0) is 13.6. The summed E-state index contributed by atoms with van der Waals surface area (Å²) in [5.41, 5.74) is 0.792. The van der Waals surface area contributed by atoms with Gasteiger partial charge in [0.25, 0.3) is 0 Å². The van der Waals surface area contributed by atoms with Crippen LogP contribution in [0.25, 0.3) is 0 Å². The van der Waals surface area contributed by atoms with Gasteiger partial charge in [-0.05, 0) is 38.0 Å². The first-order chi connectivity index (χ1) is 7.63. The van der Waals surface area contributed by atoms with Crippen LogP contribution in [0, 0.1) is 11.3 Å². The molecular formula is C16H36. The maximum Gasteiger partial charge on any atom is -0.0277 e. The molecule has 1 aliphatic rings. The van der Waals surface area contributed by atoms with E-state index in [1.165, 1.54) is 19.3 Å². The van der Waals surface area contributed by atoms with E-state index in [4.69, 9.17) is 0 Å². The highest BCUT2D eigenvalue weighted by Gasteiger charge is 2.42. The summed E-state index contributed by atoms with van der Waals surface area (Å²) < 4.78 is 0. The van der Waals surface area contributed by atoms with E-state index in [-0.39, 0.29) is 0 Å². The zero-order valence-electron chi connectivity index (χ0n) is 13.4. The van der Waals surface area contributed by atoms with Gasteiger partial charge >= 0.3 is 0 Å². The van der Waals surface area contributed by atoms with Crippen molar-refractivity contribution in [3.8, 4) is 0 Å². The predicted octanol–water partition coefficient (Wildman–Crippen LogP) is 6.47. The van der Waals surface area contributed by atoms with Crippen molar-refractivity contribution < 1.29 is 0 Å². The van der Waals surface area contributed by atoms with Crippen LogP contribution in [0.1, 0.15) is 81.6 Å². The van der Waals surface area contributed by atoms with Crippen molar-refractivity contribution in [2.24, 2.45) is 11.3 Å². The molecule has 0 N–H and O–H groups in total. The molecule has 0 saturated heterocycles. The van der Waals surface area contributed by atoms with Gasteiger partial charge in [0.2, 0.25) is 0 Å². The average Bonchev–Trinajstić information content (AvgIpc) is 3.15. The van der Waals surface area contributed by atoms with Gasteiger partial charge < -0.3 is 0 Å². The molecular weight excluding hydrogens is 192 g/mol. The molecule has 16 heavy (non-hydrogen) atoms. The van der Waals surface area contributed by atoms with Crippen LogP contribution >= 0.6 is 0 Å². The van der Waals surface area contributed by atoms with Gasteiger partial charge in [0.1, 0.15) is 0 Å². The fourth-order valence-electron chi connectivity index (χ4n) is 1.50. The lowest BCUT2D eigenvalue weighted by atomic mass is 9.90. The van der Waals surface area contributed by atoms with E-state index >= 15 is 0 Å². The molecule has 0 aliphatic heterocycles. The van der Waals surface area contributed by atoms with E-state index < -0.39 is 0 Å². The molecule has 100 valence electrons. The smallest absolute Gasteiger partial charge is 0.0277 e. The van der Waals surface area contributed by atoms with Crippen LogP contribution in [-0.2, 0) is 0 Å². The van der Waals surface area contributed by atoms with E-state index in [1.54, 1.807) is 0 Å². The molecule has 0 unspecified atom stereocenters. The zero-order valence-corrected chi connectivity index (χ0v) is 13.4. The largest absolute Gasteiger partial charge is 0.0919 e. The Morgan fingerprint density at radius 1 is 0.938 bits per heavy atom. The van der Waals surface area contributed by atoms with Gasteiger partial charge in [-0.2, -0.15) is 0 Å². The van der Waals surface area contributed by atoms with Crippen LogP contribution in [0.4, 0.5) is 0 Å². The predicted molar refractivity (Wildman–Crippen MR) is 80.0 cm³/mol. The maximum atomic E-state index is 2.34. The summed E-state index contributed by atoms with van der Waals surface area (Å²) in [6.07, 6.45) is 8.37. The lowest BCUT2D eigenvalue weighted by molar-refractivity contribution is 0.347. The standard InChI is InChI=1S/C8H16.C4H8.2C2H6/c1-4-8(5-6-8)7(2)3;1-3-4-2;2*1-2/h7H,4-6H2,1-3H3;3-4H,1-2H3;2*1-2H3. The molecule has 0 heterocycles. The Kier molecular flexibility index (Phi) is 19.4. The van der Waals surface area contributed by atoms with Crippen molar-refractivity contribution in [1.82, 2.24) is 0 Å². The quantitative estimate of drug-likeness (QED) is 0.475. The number of hydrogen-bond donors (Lipinski definition) is 0. The van der Waals surface area contributed by atoms with Gasteiger partial charge in [0, 0.05) is 0 Å². The Hall–Kier alpha value is -0.260. The molecule has 0 amide bonds. The highest BCUT2D eigenvalue weighted by atomic mass is 14.5. The molecule has 0 radical (unpaired) electrons. The van der Waals surface area contributed by atoms with Crippen LogP contribution in [0.15, 0.2) is 12.2 Å². The first kappa shape index (κ1) is 21.1. The summed E-state index contributed by atoms with van der Waals surface area (Å²) in [5, 5.41) is 0. The highest BCUT2D eigenvalue weighted by Crippen LogP contribution is 2.54. The number of rotatable bonds is 2. The van der Waals surface area contributed by atoms with Crippen molar-refractivity contribution in [2.75, 3.05) is 0 Å². The molecule has 1 aliphatic carbocycles. The minimum atomic E-state index is 0.792. The molecule has 0 bridgehead atoms. The van der Waals surface area contributed by atoms with Gasteiger partial charge in [-0.25, -0.2) is 0 Å². The minimum absolute atomic E-state index is 0.792. The molecule has 1 rings (SSSR count). The molecule has 0 aromatic carbocycles. The van der Waals surface area contributed by atoms with E-state index in [1.807, 2.05) is 53.7 Å². The normalized spacial score (nSPS) is 15.1. The van der Waals surface area contributed by atoms with Crippen LogP contribution in [-0.4, -0.2) is 0 Å². The Morgan fingerprint density at radius 3 is 1.25 bits per heavy atom. The Balaban J connectivity index is -0.000000181. The van der Waals surface area contributed by atoms with Gasteiger partial charge in [0.05, 0.1) is 0 Å². The second kappa shape index (κ2) is 14.7. The maximum absolute atomic E-state index is 2.34. The second-order valence-corrected chi connectivity index (χ2v) is 4.04. The third-order valence-electron chi connectivity index (χ3n) is 3.15. The molecule has 0 heteroatoms. The number of hydrogen-bond acceptors (Lipinski definition) is 0. The Bertz CT molecular complexity index is 123. The number of allylic oxidation sites excluding steroid dienone is 2. The topological polar surface area (TPSA) is 0 Å². The lowest BCUT2D eigenvalue weighted by Gasteiger charge is -2.15. The Morgan fingerprint density at radius 2 is 1.25 bits per heavy atom. The van der Waals surface area contributed by atoms with Crippen molar-refractivity contribution >= 4 is 0 Å². The van der Waals surface area contributed by atoms with Crippen molar-refractivity contribution in [3.63, 3.8) is 0 Å². The fourth-order valence-corrected chi connectivity index (χ4v) is 1.50. The monoisotopic (exact) mass is 228 g/mol. The van der Waals surface area contributed by atoms with E-state index in [0.29, 0.717) is 0 Å². The molecule has 0 atom stereocenters. The van der Waals surface area contributed by atoms with Gasteiger partial charge in [-0.15, -0.1) is 0 Å². The summed E-state index contributed by atoms with van der Waals surface area (Å²) in [5.74, 6) is 0.924. The van der Waals surface area contributed by atoms with Crippen molar-refractivity contribution in [1.29, 1.82) is 0 Å². The lowest BCUT2D eigenvalue weighted by Crippen LogP contribution is -2.06. The van der Waals surface area contributed by atoms with Crippen LogP contribution in [0.5, 0.6) is 0 Å². The van der Waals surface area contributed by atoms with Crippen LogP contribution in [0.3, 0.4) is 0 Å². The van der Waals surface area contributed by atoms with Crippen LogP contribution < -0.4 is 0 Å². The second-order valence-electron chi connectivity index (χ2n) is 4.04. The van der Waals surface area contributed by atoms with Gasteiger partial charge in [0.15, 0.2) is 0 Å². The first-order valence-corrected chi connectivity index (χ1v) is 7.20. The molecule has 0 spiro atoms. The van der Waals surface area contributed by atoms with Crippen molar-refractivity contribution in [2.45, 2.75) is 81.6 Å². The summed E-state index contributed by atoms with van der Waals surface area (Å²) >= 11 is 0.